The van der Waals surface area contributed by atoms with Crippen LogP contribution in [0.15, 0.2) is 0 Å². The molecule has 0 saturated carbocycles. The van der Waals surface area contributed by atoms with Crippen molar-refractivity contribution in [3.05, 3.63) is 0 Å². The van der Waals surface area contributed by atoms with Gasteiger partial charge in [-0.05, 0) is 37.5 Å². The molecule has 0 aliphatic rings. The summed E-state index contributed by atoms with van der Waals surface area (Å²) in [5.41, 5.74) is 0. The number of phosphoric ester groups is 2. The van der Waals surface area contributed by atoms with E-state index in [9.17, 15) is 43.2 Å². The topological polar surface area (TPSA) is 237 Å². The maximum Gasteiger partial charge on any atom is 0.472 e. The molecule has 0 rings (SSSR count). The van der Waals surface area contributed by atoms with Gasteiger partial charge in [-0.25, -0.2) is 9.13 Å². The highest BCUT2D eigenvalue weighted by Crippen LogP contribution is 2.45. The van der Waals surface area contributed by atoms with Gasteiger partial charge in [0.15, 0.2) is 12.2 Å². The molecule has 474 valence electrons. The number of ether oxygens (including phenoxy) is 4. The highest BCUT2D eigenvalue weighted by molar-refractivity contribution is 7.47. The number of carbonyl (C=O) groups excluding carboxylic acids is 4. The van der Waals surface area contributed by atoms with Crippen LogP contribution in [0.4, 0.5) is 0 Å². The van der Waals surface area contributed by atoms with Crippen LogP contribution < -0.4 is 0 Å². The molecule has 0 fully saturated rings. The lowest BCUT2D eigenvalue weighted by molar-refractivity contribution is -0.161. The summed E-state index contributed by atoms with van der Waals surface area (Å²) in [6.07, 6.45) is 35.1. The Balaban J connectivity index is 5.19. The first-order valence-electron chi connectivity index (χ1n) is 32.0. The highest BCUT2D eigenvalue weighted by Gasteiger charge is 2.30. The van der Waals surface area contributed by atoms with E-state index in [0.29, 0.717) is 25.7 Å². The molecule has 80 heavy (non-hydrogen) atoms. The first kappa shape index (κ1) is 78.1. The van der Waals surface area contributed by atoms with E-state index in [-0.39, 0.29) is 25.7 Å². The Kier molecular flexibility index (Phi) is 52.5. The second-order valence-corrected chi connectivity index (χ2v) is 25.9. The molecule has 0 aliphatic carbocycles. The number of hydrogen-bond donors (Lipinski definition) is 3. The summed E-state index contributed by atoms with van der Waals surface area (Å²) in [7, 11) is -9.87. The molecule has 0 heterocycles. The van der Waals surface area contributed by atoms with Crippen LogP contribution in [-0.2, 0) is 65.4 Å². The molecule has 0 saturated heterocycles. The Morgan fingerprint density at radius 3 is 0.850 bits per heavy atom. The third-order valence-electron chi connectivity index (χ3n) is 14.0. The standard InChI is InChI=1S/C61H118O17P2/c1-7-9-11-13-14-15-16-21-27-33-39-45-60(65)77-56(49-71-58(63)43-37-29-12-10-8-2)51-75-79(67,68)73-47-55(62)48-74-80(69,70)76-52-57(78-61(66)46-40-34-28-23-18-20-25-31-36-42-54(5)6)50-72-59(64)44-38-32-26-22-17-19-24-30-35-41-53(3)4/h53-57,62H,7-52H2,1-6H3,(H,67,68)(H,69,70)/t55-,56+,57+/m0/s1. The van der Waals surface area contributed by atoms with Gasteiger partial charge in [0.25, 0.3) is 0 Å². The molecule has 2 unspecified atom stereocenters. The quantitative estimate of drug-likeness (QED) is 0.0222. The van der Waals surface area contributed by atoms with Crippen LogP contribution >= 0.6 is 15.6 Å². The number of aliphatic hydroxyl groups excluding tert-OH is 1. The summed E-state index contributed by atoms with van der Waals surface area (Å²) in [4.78, 5) is 71.8. The van der Waals surface area contributed by atoms with E-state index in [1.807, 2.05) is 0 Å². The molecule has 0 radical (unpaired) electrons. The fourth-order valence-corrected chi connectivity index (χ4v) is 10.6. The fraction of sp³-hybridized carbons (Fsp3) is 0.934. The Morgan fingerprint density at radius 2 is 0.575 bits per heavy atom. The maximum absolute atomic E-state index is 12.9. The SMILES string of the molecule is CCCCCCCCCCCCCC(=O)O[C@H](COC(=O)CCCCCCC)COP(=O)(O)OC[C@H](O)COP(=O)(O)OC[C@@H](COC(=O)CCCCCCCCCCCC(C)C)OC(=O)CCCCCCCCCCCC(C)C. The average molecular weight is 1190 g/mol. The van der Waals surface area contributed by atoms with Gasteiger partial charge in [0.05, 0.1) is 26.4 Å². The maximum atomic E-state index is 12.9. The molecule has 0 aliphatic heterocycles. The van der Waals surface area contributed by atoms with Gasteiger partial charge < -0.3 is 33.8 Å². The number of aliphatic hydroxyl groups is 1. The summed E-state index contributed by atoms with van der Waals surface area (Å²) in [6, 6.07) is 0. The molecule has 19 heteroatoms. The predicted octanol–water partition coefficient (Wildman–Crippen LogP) is 16.5. The zero-order valence-corrected chi connectivity index (χ0v) is 53.2. The number of hydrogen-bond acceptors (Lipinski definition) is 15. The van der Waals surface area contributed by atoms with Gasteiger partial charge in [-0.1, -0.05) is 247 Å². The minimum Gasteiger partial charge on any atom is -0.462 e. The summed E-state index contributed by atoms with van der Waals surface area (Å²) >= 11 is 0. The molecule has 0 amide bonds. The zero-order chi connectivity index (χ0) is 59.4. The Labute approximate surface area is 486 Å². The molecule has 0 bridgehead atoms. The lowest BCUT2D eigenvalue weighted by Gasteiger charge is -2.21. The molecule has 17 nitrogen and oxygen atoms in total. The van der Waals surface area contributed by atoms with Gasteiger partial charge in [0, 0.05) is 25.7 Å². The number of phosphoric acid groups is 2. The van der Waals surface area contributed by atoms with E-state index >= 15 is 0 Å². The van der Waals surface area contributed by atoms with Crippen molar-refractivity contribution in [2.45, 2.75) is 317 Å². The molecular formula is C61H118O17P2. The van der Waals surface area contributed by atoms with Crippen molar-refractivity contribution in [3.8, 4) is 0 Å². The van der Waals surface area contributed by atoms with Gasteiger partial charge in [-0.3, -0.25) is 37.3 Å². The molecular weight excluding hydrogens is 1070 g/mol. The van der Waals surface area contributed by atoms with Crippen LogP contribution in [0, 0.1) is 11.8 Å². The van der Waals surface area contributed by atoms with Gasteiger partial charge in [0.2, 0.25) is 0 Å². The third kappa shape index (κ3) is 55.3. The monoisotopic (exact) mass is 1180 g/mol. The Hall–Kier alpha value is -1.94. The minimum atomic E-state index is -4.94. The smallest absolute Gasteiger partial charge is 0.462 e. The third-order valence-corrected chi connectivity index (χ3v) is 15.9. The number of unbranched alkanes of at least 4 members (excludes halogenated alkanes) is 30. The predicted molar refractivity (Wildman–Crippen MR) is 317 cm³/mol. The summed E-state index contributed by atoms with van der Waals surface area (Å²) in [5, 5.41) is 10.5. The van der Waals surface area contributed by atoms with Gasteiger partial charge in [-0.2, -0.15) is 0 Å². The normalized spacial score (nSPS) is 14.4. The van der Waals surface area contributed by atoms with Crippen LogP contribution in [0.3, 0.4) is 0 Å². The fourth-order valence-electron chi connectivity index (χ4n) is 9.00. The van der Waals surface area contributed by atoms with E-state index in [1.54, 1.807) is 0 Å². The van der Waals surface area contributed by atoms with E-state index in [0.717, 1.165) is 108 Å². The lowest BCUT2D eigenvalue weighted by Crippen LogP contribution is -2.30. The van der Waals surface area contributed by atoms with Crippen LogP contribution in [0.5, 0.6) is 0 Å². The van der Waals surface area contributed by atoms with Crippen molar-refractivity contribution in [1.29, 1.82) is 0 Å². The summed E-state index contributed by atoms with van der Waals surface area (Å²) < 4.78 is 67.7. The average Bonchev–Trinajstić information content (AvgIpc) is 3.41. The second-order valence-electron chi connectivity index (χ2n) is 23.0. The molecule has 0 aromatic carbocycles. The number of carbonyl (C=O) groups is 4. The van der Waals surface area contributed by atoms with E-state index in [1.165, 1.54) is 109 Å². The van der Waals surface area contributed by atoms with Crippen LogP contribution in [-0.4, -0.2) is 96.7 Å². The first-order valence-corrected chi connectivity index (χ1v) is 35.0. The van der Waals surface area contributed by atoms with Crippen LogP contribution in [0.1, 0.15) is 298 Å². The van der Waals surface area contributed by atoms with Crippen molar-refractivity contribution >= 4 is 39.5 Å². The molecule has 5 atom stereocenters. The zero-order valence-electron chi connectivity index (χ0n) is 51.4. The number of esters is 4. The van der Waals surface area contributed by atoms with Gasteiger partial charge in [-0.15, -0.1) is 0 Å². The highest BCUT2D eigenvalue weighted by atomic mass is 31.2. The van der Waals surface area contributed by atoms with Crippen molar-refractivity contribution in [3.63, 3.8) is 0 Å². The Morgan fingerprint density at radius 1 is 0.338 bits per heavy atom. The van der Waals surface area contributed by atoms with Crippen LogP contribution in [0.25, 0.3) is 0 Å². The molecule has 0 aromatic heterocycles. The molecule has 0 aromatic rings. The first-order chi connectivity index (χ1) is 38.4. The van der Waals surface area contributed by atoms with Gasteiger partial charge in [0.1, 0.15) is 19.3 Å². The van der Waals surface area contributed by atoms with Crippen molar-refractivity contribution < 1.29 is 80.2 Å². The largest absolute Gasteiger partial charge is 0.472 e. The minimum absolute atomic E-state index is 0.105. The molecule has 3 N–H and O–H groups in total. The van der Waals surface area contributed by atoms with Gasteiger partial charge >= 0.3 is 39.5 Å². The summed E-state index contributed by atoms with van der Waals surface area (Å²) in [5.74, 6) is -0.668. The second kappa shape index (κ2) is 53.8. The number of rotatable bonds is 60. The summed E-state index contributed by atoms with van der Waals surface area (Å²) in [6.45, 7) is 9.34. The van der Waals surface area contributed by atoms with E-state index in [4.69, 9.17) is 37.0 Å². The van der Waals surface area contributed by atoms with E-state index < -0.39 is 97.5 Å². The van der Waals surface area contributed by atoms with Crippen molar-refractivity contribution in [2.75, 3.05) is 39.6 Å². The van der Waals surface area contributed by atoms with Crippen molar-refractivity contribution in [1.82, 2.24) is 0 Å². The van der Waals surface area contributed by atoms with Crippen molar-refractivity contribution in [2.24, 2.45) is 11.8 Å². The molecule has 0 spiro atoms. The Bertz CT molecular complexity index is 1580. The van der Waals surface area contributed by atoms with E-state index in [2.05, 4.69) is 41.5 Å². The van der Waals surface area contributed by atoms with Crippen LogP contribution in [0.2, 0.25) is 0 Å². The lowest BCUT2D eigenvalue weighted by atomic mass is 10.0.